The molecule has 0 amide bonds. The average molecular weight is 463 g/mol. The number of aryl methyl sites for hydroxylation is 1. The molecule has 172 valence electrons. The number of benzene rings is 1. The molecule has 2 fully saturated rings. The Morgan fingerprint density at radius 3 is 2.72 bits per heavy atom. The zero-order valence-electron chi connectivity index (χ0n) is 18.2. The summed E-state index contributed by atoms with van der Waals surface area (Å²) in [5.74, 6) is 1.14. The number of aliphatic hydroxyl groups is 1. The highest BCUT2D eigenvalue weighted by Gasteiger charge is 2.28. The molecule has 32 heavy (non-hydrogen) atoms. The minimum Gasteiger partial charge on any atom is -0.467 e. The van der Waals surface area contributed by atoms with Gasteiger partial charge in [0, 0.05) is 37.0 Å². The molecular formula is C22H28ClFN6O2. The molecule has 5 rings (SSSR count). The van der Waals surface area contributed by atoms with Crippen LogP contribution < -0.4 is 15.0 Å². The summed E-state index contributed by atoms with van der Waals surface area (Å²) in [6.07, 6.45) is 2.00. The quantitative estimate of drug-likeness (QED) is 0.616. The number of ether oxygens (including phenoxy) is 1. The first-order valence-corrected chi connectivity index (χ1v) is 10.7. The summed E-state index contributed by atoms with van der Waals surface area (Å²) in [6, 6.07) is 6.22. The number of aliphatic hydroxyl groups excluding tert-OH is 1. The Hall–Kier alpha value is -2.49. The summed E-state index contributed by atoms with van der Waals surface area (Å²) in [5.41, 5.74) is 2.97. The number of methoxy groups -OCH3 is 1. The fourth-order valence-electron chi connectivity index (χ4n) is 4.67. The third-order valence-electron chi connectivity index (χ3n) is 6.33. The molecule has 0 radical (unpaired) electrons. The molecule has 2 N–H and O–H groups in total. The number of anilines is 1. The lowest BCUT2D eigenvalue weighted by Gasteiger charge is -2.28. The molecule has 0 aliphatic carbocycles. The maximum absolute atomic E-state index is 14.7. The molecule has 0 bridgehead atoms. The van der Waals surface area contributed by atoms with E-state index >= 15 is 0 Å². The summed E-state index contributed by atoms with van der Waals surface area (Å²) in [7, 11) is 1.53. The van der Waals surface area contributed by atoms with Gasteiger partial charge in [-0.2, -0.15) is 15.1 Å². The molecule has 1 aromatic carbocycles. The largest absolute Gasteiger partial charge is 0.467 e. The van der Waals surface area contributed by atoms with Gasteiger partial charge in [-0.25, -0.2) is 9.07 Å². The standard InChI is InChI=1S/C22H27FN6O2.ClH/c1-13-7-14-10-25-29(19(14)8-17(13)16-3-5-24-11-18(16)23)21-9-20(26-22(27-21)31-2)28-6-4-15(30)12-28;/h7-10,15-16,18,24,30H,3-6,11-12H2,1-2H3;1H/t15?,16-,18-;/m0./s1. The van der Waals surface area contributed by atoms with Crippen LogP contribution in [0.3, 0.4) is 0 Å². The number of piperidine rings is 1. The Morgan fingerprint density at radius 2 is 2.00 bits per heavy atom. The summed E-state index contributed by atoms with van der Waals surface area (Å²) >= 11 is 0. The SMILES string of the molecule is COc1nc(N2CCC(O)C2)cc(-n2ncc3cc(C)c([C@@H]4CCNC[C@@H]4F)cc32)n1.Cl. The number of hydrogen-bond donors (Lipinski definition) is 2. The van der Waals surface area contributed by atoms with Crippen molar-refractivity contribution in [1.82, 2.24) is 25.1 Å². The van der Waals surface area contributed by atoms with E-state index in [0.717, 1.165) is 41.5 Å². The molecule has 0 spiro atoms. The van der Waals surface area contributed by atoms with E-state index in [0.29, 0.717) is 31.1 Å². The fourth-order valence-corrected chi connectivity index (χ4v) is 4.67. The molecule has 2 saturated heterocycles. The van der Waals surface area contributed by atoms with E-state index in [1.165, 1.54) is 7.11 Å². The Labute approximate surface area is 192 Å². The molecule has 3 aromatic rings. The molecule has 8 nitrogen and oxygen atoms in total. The number of fused-ring (bicyclic) bond motifs is 1. The third-order valence-corrected chi connectivity index (χ3v) is 6.33. The zero-order valence-corrected chi connectivity index (χ0v) is 19.0. The van der Waals surface area contributed by atoms with Gasteiger partial charge in [0.15, 0.2) is 5.82 Å². The van der Waals surface area contributed by atoms with Crippen LogP contribution in [-0.4, -0.2) is 70.4 Å². The number of hydrogen-bond acceptors (Lipinski definition) is 7. The van der Waals surface area contributed by atoms with Crippen molar-refractivity contribution in [2.45, 2.75) is 38.0 Å². The van der Waals surface area contributed by atoms with Gasteiger partial charge in [0.25, 0.3) is 0 Å². The lowest BCUT2D eigenvalue weighted by Crippen LogP contribution is -2.36. The van der Waals surface area contributed by atoms with Crippen molar-refractivity contribution in [3.05, 3.63) is 35.5 Å². The average Bonchev–Trinajstić information content (AvgIpc) is 3.39. The molecule has 2 aliphatic heterocycles. The number of β-amino-alcohol motifs (C(OH)–C–C–N with tert-alkyl or cyclic N) is 1. The lowest BCUT2D eigenvalue weighted by atomic mass is 9.85. The highest BCUT2D eigenvalue weighted by Crippen LogP contribution is 2.33. The molecule has 1 unspecified atom stereocenters. The van der Waals surface area contributed by atoms with E-state index in [9.17, 15) is 9.50 Å². The number of nitrogens with one attached hydrogen (secondary N) is 1. The number of halogens is 2. The van der Waals surface area contributed by atoms with Crippen molar-refractivity contribution < 1.29 is 14.2 Å². The van der Waals surface area contributed by atoms with Crippen molar-refractivity contribution in [3.8, 4) is 11.8 Å². The van der Waals surface area contributed by atoms with E-state index in [1.54, 1.807) is 10.9 Å². The van der Waals surface area contributed by atoms with Crippen LogP contribution in [-0.2, 0) is 0 Å². The van der Waals surface area contributed by atoms with Gasteiger partial charge in [0.1, 0.15) is 12.0 Å². The van der Waals surface area contributed by atoms with Crippen LogP contribution in [0.25, 0.3) is 16.7 Å². The first-order chi connectivity index (χ1) is 15.0. The number of aromatic nitrogens is 4. The van der Waals surface area contributed by atoms with Crippen molar-refractivity contribution in [2.75, 3.05) is 38.2 Å². The Balaban J connectivity index is 0.00000245. The Kier molecular flexibility index (Phi) is 6.50. The minimum atomic E-state index is -0.909. The van der Waals surface area contributed by atoms with Crippen molar-refractivity contribution in [3.63, 3.8) is 0 Å². The van der Waals surface area contributed by atoms with E-state index < -0.39 is 6.17 Å². The summed E-state index contributed by atoms with van der Waals surface area (Å²) in [6.45, 7) is 4.48. The second-order valence-electron chi connectivity index (χ2n) is 8.40. The van der Waals surface area contributed by atoms with E-state index in [1.807, 2.05) is 24.0 Å². The van der Waals surface area contributed by atoms with Gasteiger partial charge in [-0.15, -0.1) is 12.4 Å². The number of alkyl halides is 1. The second-order valence-corrected chi connectivity index (χ2v) is 8.40. The van der Waals surface area contributed by atoms with Crippen molar-refractivity contribution in [1.29, 1.82) is 0 Å². The van der Waals surface area contributed by atoms with Crippen LogP contribution in [0.1, 0.15) is 29.9 Å². The summed E-state index contributed by atoms with van der Waals surface area (Å²) in [4.78, 5) is 11.0. The number of nitrogens with zero attached hydrogens (tertiary/aromatic N) is 5. The third kappa shape index (κ3) is 4.12. The predicted octanol–water partition coefficient (Wildman–Crippen LogP) is 2.54. The predicted molar refractivity (Wildman–Crippen MR) is 123 cm³/mol. The van der Waals surface area contributed by atoms with Crippen LogP contribution in [0, 0.1) is 6.92 Å². The first kappa shape index (κ1) is 22.7. The van der Waals surface area contributed by atoms with Gasteiger partial charge >= 0.3 is 6.01 Å². The highest BCUT2D eigenvalue weighted by molar-refractivity contribution is 5.85. The number of rotatable bonds is 4. The molecular weight excluding hydrogens is 435 g/mol. The summed E-state index contributed by atoms with van der Waals surface area (Å²) in [5, 5.41) is 18.6. The van der Waals surface area contributed by atoms with E-state index in [2.05, 4.69) is 26.4 Å². The molecule has 3 atom stereocenters. The minimum absolute atomic E-state index is 0. The van der Waals surface area contributed by atoms with Gasteiger partial charge in [0.05, 0.1) is 24.9 Å². The normalized spacial score (nSPS) is 23.4. The smallest absolute Gasteiger partial charge is 0.320 e. The summed E-state index contributed by atoms with van der Waals surface area (Å²) < 4.78 is 21.8. The second kappa shape index (κ2) is 9.17. The molecule has 2 aliphatic rings. The van der Waals surface area contributed by atoms with Crippen molar-refractivity contribution in [2.24, 2.45) is 0 Å². The van der Waals surface area contributed by atoms with Crippen LogP contribution in [0.2, 0.25) is 0 Å². The Bertz CT molecular complexity index is 1110. The monoisotopic (exact) mass is 462 g/mol. The topological polar surface area (TPSA) is 88.3 Å². The molecule has 0 saturated carbocycles. The van der Waals surface area contributed by atoms with Gasteiger partial charge in [0.2, 0.25) is 0 Å². The van der Waals surface area contributed by atoms with Crippen LogP contribution >= 0.6 is 12.4 Å². The van der Waals surface area contributed by atoms with Gasteiger partial charge in [-0.05, 0) is 49.6 Å². The van der Waals surface area contributed by atoms with E-state index in [4.69, 9.17) is 4.74 Å². The molecule has 10 heteroatoms. The molecule has 2 aromatic heterocycles. The van der Waals surface area contributed by atoms with E-state index in [-0.39, 0.29) is 30.4 Å². The van der Waals surface area contributed by atoms with Crippen LogP contribution in [0.4, 0.5) is 10.2 Å². The maximum atomic E-state index is 14.7. The van der Waals surface area contributed by atoms with Gasteiger partial charge in [-0.1, -0.05) is 0 Å². The van der Waals surface area contributed by atoms with Crippen molar-refractivity contribution >= 4 is 29.1 Å². The first-order valence-electron chi connectivity index (χ1n) is 10.7. The maximum Gasteiger partial charge on any atom is 0.320 e. The van der Waals surface area contributed by atoms with Gasteiger partial charge in [-0.3, -0.25) is 0 Å². The van der Waals surface area contributed by atoms with Crippen LogP contribution in [0.5, 0.6) is 6.01 Å². The zero-order chi connectivity index (χ0) is 21.5. The Morgan fingerprint density at radius 1 is 1.19 bits per heavy atom. The molecule has 4 heterocycles. The van der Waals surface area contributed by atoms with Crippen LogP contribution in [0.15, 0.2) is 24.4 Å². The fraction of sp³-hybridized carbons (Fsp3) is 0.500. The highest BCUT2D eigenvalue weighted by atomic mass is 35.5. The lowest BCUT2D eigenvalue weighted by molar-refractivity contribution is 0.198. The van der Waals surface area contributed by atoms with Gasteiger partial charge < -0.3 is 20.1 Å².